The van der Waals surface area contributed by atoms with Crippen molar-refractivity contribution >= 4 is 5.91 Å². The van der Waals surface area contributed by atoms with Crippen LogP contribution in [0.2, 0.25) is 0 Å². The molecular weight excluding hydrogens is 406 g/mol. The summed E-state index contributed by atoms with van der Waals surface area (Å²) >= 11 is 0. The molecule has 1 heterocycles. The molecule has 166 valence electrons. The molecule has 3 aromatic carbocycles. The molecule has 3 nitrogen and oxygen atoms in total. The quantitative estimate of drug-likeness (QED) is 0.503. The fourth-order valence-corrected chi connectivity index (χ4v) is 4.34. The summed E-state index contributed by atoms with van der Waals surface area (Å²) in [6.07, 6.45) is 2.72. The molecule has 1 saturated heterocycles. The lowest BCUT2D eigenvalue weighted by molar-refractivity contribution is 0.0550. The first kappa shape index (κ1) is 22.2. The second-order valence-electron chi connectivity index (χ2n) is 8.38. The first-order valence-corrected chi connectivity index (χ1v) is 11.2. The van der Waals surface area contributed by atoms with E-state index in [1.54, 1.807) is 6.07 Å². The Hall–Kier alpha value is -3.05. The molecular formula is C27H28F2N2O. The van der Waals surface area contributed by atoms with Gasteiger partial charge in [-0.05, 0) is 66.8 Å². The van der Waals surface area contributed by atoms with Crippen molar-refractivity contribution in [1.82, 2.24) is 9.80 Å². The Balaban J connectivity index is 1.44. The van der Waals surface area contributed by atoms with Gasteiger partial charge in [0.05, 0.1) is 0 Å². The SMILES string of the molecule is O=C(c1ccc(F)cc1)N(Cc1cccc(F)c1)C1CCN(CCc2ccccc2)CC1. The fourth-order valence-electron chi connectivity index (χ4n) is 4.34. The Morgan fingerprint density at radius 3 is 2.22 bits per heavy atom. The van der Waals surface area contributed by atoms with Crippen molar-refractivity contribution in [2.24, 2.45) is 0 Å². The van der Waals surface area contributed by atoms with Gasteiger partial charge in [0.25, 0.3) is 5.91 Å². The maximum Gasteiger partial charge on any atom is 0.254 e. The predicted molar refractivity (Wildman–Crippen MR) is 122 cm³/mol. The van der Waals surface area contributed by atoms with Crippen LogP contribution in [-0.4, -0.2) is 41.4 Å². The Bertz CT molecular complexity index is 1020. The van der Waals surface area contributed by atoms with Crippen molar-refractivity contribution in [2.45, 2.75) is 31.8 Å². The highest BCUT2D eigenvalue weighted by Crippen LogP contribution is 2.22. The lowest BCUT2D eigenvalue weighted by Crippen LogP contribution is -2.47. The summed E-state index contributed by atoms with van der Waals surface area (Å²) in [4.78, 5) is 17.6. The van der Waals surface area contributed by atoms with Gasteiger partial charge in [-0.15, -0.1) is 0 Å². The highest BCUT2D eigenvalue weighted by Gasteiger charge is 2.28. The summed E-state index contributed by atoms with van der Waals surface area (Å²) in [7, 11) is 0. The number of nitrogens with zero attached hydrogens (tertiary/aromatic N) is 2. The van der Waals surface area contributed by atoms with Crippen LogP contribution in [0.4, 0.5) is 8.78 Å². The van der Waals surface area contributed by atoms with Crippen LogP contribution < -0.4 is 0 Å². The Morgan fingerprint density at radius 2 is 1.53 bits per heavy atom. The van der Waals surface area contributed by atoms with Crippen LogP contribution in [-0.2, 0) is 13.0 Å². The molecule has 1 aliphatic heterocycles. The number of likely N-dealkylation sites (tertiary alicyclic amines) is 1. The number of hydrogen-bond donors (Lipinski definition) is 0. The Kier molecular flexibility index (Phi) is 7.28. The minimum atomic E-state index is -0.370. The van der Waals surface area contributed by atoms with Gasteiger partial charge >= 0.3 is 0 Å². The molecule has 0 aliphatic carbocycles. The highest BCUT2D eigenvalue weighted by molar-refractivity contribution is 5.94. The average molecular weight is 435 g/mol. The fraction of sp³-hybridized carbons (Fsp3) is 0.296. The molecule has 0 saturated carbocycles. The van der Waals surface area contributed by atoms with Gasteiger partial charge in [0.15, 0.2) is 0 Å². The molecule has 1 fully saturated rings. The van der Waals surface area contributed by atoms with Gasteiger partial charge in [0, 0.05) is 37.8 Å². The van der Waals surface area contributed by atoms with Gasteiger partial charge in [0.1, 0.15) is 11.6 Å². The van der Waals surface area contributed by atoms with Crippen molar-refractivity contribution in [3.05, 3.63) is 107 Å². The van der Waals surface area contributed by atoms with Gasteiger partial charge in [-0.2, -0.15) is 0 Å². The van der Waals surface area contributed by atoms with Crippen LogP contribution in [0.5, 0.6) is 0 Å². The van der Waals surface area contributed by atoms with Crippen LogP contribution in [0.25, 0.3) is 0 Å². The zero-order valence-electron chi connectivity index (χ0n) is 18.1. The van der Waals surface area contributed by atoms with Gasteiger partial charge in [-0.1, -0.05) is 42.5 Å². The van der Waals surface area contributed by atoms with E-state index in [1.165, 1.54) is 42.0 Å². The molecule has 1 amide bonds. The molecule has 0 bridgehead atoms. The third-order valence-corrected chi connectivity index (χ3v) is 6.15. The zero-order chi connectivity index (χ0) is 22.3. The summed E-state index contributed by atoms with van der Waals surface area (Å²) in [5.74, 6) is -0.825. The number of halogens is 2. The monoisotopic (exact) mass is 434 g/mol. The molecule has 0 aromatic heterocycles. The van der Waals surface area contributed by atoms with Crippen molar-refractivity contribution in [1.29, 1.82) is 0 Å². The third kappa shape index (κ3) is 5.80. The summed E-state index contributed by atoms with van der Waals surface area (Å²) in [6.45, 7) is 3.15. The summed E-state index contributed by atoms with van der Waals surface area (Å²) in [5, 5.41) is 0. The smallest absolute Gasteiger partial charge is 0.254 e. The molecule has 0 N–H and O–H groups in total. The van der Waals surface area contributed by atoms with E-state index in [-0.39, 0.29) is 23.6 Å². The largest absolute Gasteiger partial charge is 0.331 e. The molecule has 0 radical (unpaired) electrons. The van der Waals surface area contributed by atoms with Crippen molar-refractivity contribution in [3.63, 3.8) is 0 Å². The van der Waals surface area contributed by atoms with E-state index < -0.39 is 0 Å². The van der Waals surface area contributed by atoms with Crippen molar-refractivity contribution in [2.75, 3.05) is 19.6 Å². The normalized spacial score (nSPS) is 14.9. The lowest BCUT2D eigenvalue weighted by atomic mass is 10.00. The lowest BCUT2D eigenvalue weighted by Gasteiger charge is -2.39. The Labute approximate surface area is 188 Å². The van der Waals surface area contributed by atoms with Crippen LogP contribution in [0.15, 0.2) is 78.9 Å². The second kappa shape index (κ2) is 10.5. The molecule has 5 heteroatoms. The van der Waals surface area contributed by atoms with Crippen LogP contribution in [0, 0.1) is 11.6 Å². The third-order valence-electron chi connectivity index (χ3n) is 6.15. The van der Waals surface area contributed by atoms with E-state index in [9.17, 15) is 13.6 Å². The van der Waals surface area contributed by atoms with E-state index in [1.807, 2.05) is 17.0 Å². The zero-order valence-corrected chi connectivity index (χ0v) is 18.1. The number of amides is 1. The summed E-state index contributed by atoms with van der Waals surface area (Å²) in [6, 6.07) is 22.5. The highest BCUT2D eigenvalue weighted by atomic mass is 19.1. The van der Waals surface area contributed by atoms with Crippen molar-refractivity contribution < 1.29 is 13.6 Å². The number of benzene rings is 3. The molecule has 3 aromatic rings. The summed E-state index contributed by atoms with van der Waals surface area (Å²) < 4.78 is 27.1. The Morgan fingerprint density at radius 1 is 0.844 bits per heavy atom. The molecule has 1 aliphatic rings. The van der Waals surface area contributed by atoms with E-state index in [0.29, 0.717) is 12.1 Å². The first-order valence-electron chi connectivity index (χ1n) is 11.2. The number of rotatable bonds is 7. The maximum absolute atomic E-state index is 13.8. The van der Waals surface area contributed by atoms with Gasteiger partial charge in [0.2, 0.25) is 0 Å². The molecule has 0 unspecified atom stereocenters. The van der Waals surface area contributed by atoms with Crippen LogP contribution in [0.3, 0.4) is 0 Å². The van der Waals surface area contributed by atoms with Crippen molar-refractivity contribution in [3.8, 4) is 0 Å². The molecule has 0 spiro atoms. The topological polar surface area (TPSA) is 23.6 Å². The first-order chi connectivity index (χ1) is 15.6. The standard InChI is InChI=1S/C27H28F2N2O/c28-24-11-9-23(10-12-24)27(32)31(20-22-7-4-8-25(29)19-22)26-14-17-30(18-15-26)16-13-21-5-2-1-3-6-21/h1-12,19,26H,13-18,20H2. The van der Waals surface area contributed by atoms with Gasteiger partial charge in [-0.25, -0.2) is 8.78 Å². The van der Waals surface area contributed by atoms with E-state index in [4.69, 9.17) is 0 Å². The second-order valence-corrected chi connectivity index (χ2v) is 8.38. The minimum absolute atomic E-state index is 0.0591. The number of carbonyl (C=O) groups excluding carboxylic acids is 1. The van der Waals surface area contributed by atoms with Crippen LogP contribution in [0.1, 0.15) is 34.3 Å². The average Bonchev–Trinajstić information content (AvgIpc) is 2.82. The van der Waals surface area contributed by atoms with E-state index in [0.717, 1.165) is 44.5 Å². The maximum atomic E-state index is 13.8. The number of hydrogen-bond acceptors (Lipinski definition) is 2. The summed E-state index contributed by atoms with van der Waals surface area (Å²) in [5.41, 5.74) is 2.54. The predicted octanol–water partition coefficient (Wildman–Crippen LogP) is 5.31. The molecule has 32 heavy (non-hydrogen) atoms. The van der Waals surface area contributed by atoms with Gasteiger partial charge < -0.3 is 9.80 Å². The minimum Gasteiger partial charge on any atom is -0.331 e. The van der Waals surface area contributed by atoms with E-state index in [2.05, 4.69) is 29.2 Å². The number of carbonyl (C=O) groups is 1. The number of piperidine rings is 1. The molecule has 4 rings (SSSR count). The van der Waals surface area contributed by atoms with Crippen LogP contribution >= 0.6 is 0 Å². The molecule has 0 atom stereocenters. The van der Waals surface area contributed by atoms with E-state index >= 15 is 0 Å². The van der Waals surface area contributed by atoms with Gasteiger partial charge in [-0.3, -0.25) is 4.79 Å².